The molecular formula is C16H17N3O. The molecule has 102 valence electrons. The Hall–Kier alpha value is -2.23. The second-order valence-corrected chi connectivity index (χ2v) is 5.08. The summed E-state index contributed by atoms with van der Waals surface area (Å²) in [6, 6.07) is 9.42. The van der Waals surface area contributed by atoms with Gasteiger partial charge in [0.15, 0.2) is 0 Å². The molecule has 0 saturated carbocycles. The van der Waals surface area contributed by atoms with Crippen molar-refractivity contribution in [1.29, 1.82) is 0 Å². The molecule has 1 amide bonds. The maximum absolute atomic E-state index is 12.3. The van der Waals surface area contributed by atoms with Crippen molar-refractivity contribution in [2.75, 3.05) is 5.32 Å². The molecule has 1 N–H and O–H groups in total. The molecule has 1 aliphatic carbocycles. The van der Waals surface area contributed by atoms with E-state index in [2.05, 4.69) is 15.3 Å². The van der Waals surface area contributed by atoms with Gasteiger partial charge in [-0.25, -0.2) is 4.98 Å². The largest absolute Gasteiger partial charge is 0.321 e. The van der Waals surface area contributed by atoms with Crippen molar-refractivity contribution >= 4 is 11.6 Å². The maximum Gasteiger partial charge on any atom is 0.276 e. The maximum atomic E-state index is 12.3. The molecule has 0 fully saturated rings. The Kier molecular flexibility index (Phi) is 3.46. The predicted molar refractivity (Wildman–Crippen MR) is 77.8 cm³/mol. The van der Waals surface area contributed by atoms with Crippen molar-refractivity contribution in [3.05, 3.63) is 53.1 Å². The molecule has 0 atom stereocenters. The van der Waals surface area contributed by atoms with Gasteiger partial charge >= 0.3 is 0 Å². The van der Waals surface area contributed by atoms with Crippen LogP contribution in [-0.2, 0) is 12.8 Å². The van der Waals surface area contributed by atoms with Gasteiger partial charge in [-0.3, -0.25) is 9.78 Å². The Bertz CT molecular complexity index is 638. The van der Waals surface area contributed by atoms with Crippen molar-refractivity contribution in [2.45, 2.75) is 32.6 Å². The molecule has 0 bridgehead atoms. The number of carbonyl (C=O) groups excluding carboxylic acids is 1. The van der Waals surface area contributed by atoms with E-state index in [-0.39, 0.29) is 5.91 Å². The van der Waals surface area contributed by atoms with Crippen molar-refractivity contribution in [1.82, 2.24) is 9.97 Å². The molecule has 0 unspecified atom stereocenters. The molecule has 1 aromatic heterocycles. The number of fused-ring (bicyclic) bond motifs is 1. The van der Waals surface area contributed by atoms with Crippen molar-refractivity contribution in [2.24, 2.45) is 0 Å². The van der Waals surface area contributed by atoms with E-state index in [9.17, 15) is 4.79 Å². The summed E-state index contributed by atoms with van der Waals surface area (Å²) in [6.45, 7) is 1.85. The summed E-state index contributed by atoms with van der Waals surface area (Å²) in [5, 5.41) is 2.86. The Morgan fingerprint density at radius 2 is 1.70 bits per heavy atom. The normalized spacial score (nSPS) is 13.7. The number of aryl methyl sites for hydroxylation is 3. The van der Waals surface area contributed by atoms with E-state index in [0.717, 1.165) is 42.8 Å². The highest BCUT2D eigenvalue weighted by molar-refractivity contribution is 6.03. The molecule has 4 heteroatoms. The number of hydrogen-bond acceptors (Lipinski definition) is 3. The molecule has 1 aliphatic rings. The zero-order valence-electron chi connectivity index (χ0n) is 11.5. The fraction of sp³-hybridized carbons (Fsp3) is 0.312. The van der Waals surface area contributed by atoms with Crippen molar-refractivity contribution in [3.8, 4) is 0 Å². The topological polar surface area (TPSA) is 54.9 Å². The van der Waals surface area contributed by atoms with Crippen LogP contribution < -0.4 is 5.32 Å². The van der Waals surface area contributed by atoms with Crippen LogP contribution in [0.25, 0.3) is 0 Å². The van der Waals surface area contributed by atoms with E-state index in [1.165, 1.54) is 0 Å². The number of nitrogens with one attached hydrogen (secondary N) is 1. The molecule has 0 saturated heterocycles. The average molecular weight is 267 g/mol. The zero-order valence-corrected chi connectivity index (χ0v) is 11.5. The minimum Gasteiger partial charge on any atom is -0.321 e. The highest BCUT2D eigenvalue weighted by atomic mass is 16.1. The lowest BCUT2D eigenvalue weighted by molar-refractivity contribution is 0.102. The van der Waals surface area contributed by atoms with Crippen LogP contribution in [0.15, 0.2) is 30.3 Å². The molecule has 20 heavy (non-hydrogen) atoms. The number of carbonyl (C=O) groups is 1. The van der Waals surface area contributed by atoms with Crippen molar-refractivity contribution < 1.29 is 4.79 Å². The van der Waals surface area contributed by atoms with Gasteiger partial charge in [-0.05, 0) is 44.7 Å². The summed E-state index contributed by atoms with van der Waals surface area (Å²) in [7, 11) is 0. The number of rotatable bonds is 2. The van der Waals surface area contributed by atoms with Crippen LogP contribution in [0.2, 0.25) is 0 Å². The molecule has 0 spiro atoms. The molecular weight excluding hydrogens is 250 g/mol. The zero-order chi connectivity index (χ0) is 13.9. The second kappa shape index (κ2) is 5.41. The first-order valence-corrected chi connectivity index (χ1v) is 6.97. The number of nitrogens with zero attached hydrogens (tertiary/aromatic N) is 2. The van der Waals surface area contributed by atoms with E-state index < -0.39 is 0 Å². The Morgan fingerprint density at radius 3 is 2.40 bits per heavy atom. The monoisotopic (exact) mass is 267 g/mol. The standard InChI is InChI=1S/C16H17N3O/c1-11-15(16(20)18-12-7-3-2-4-8-12)19-14-10-6-5-9-13(14)17-11/h2-4,7-8H,5-6,9-10H2,1H3,(H,18,20). The first-order chi connectivity index (χ1) is 9.74. The SMILES string of the molecule is Cc1nc2c(nc1C(=O)Nc1ccccc1)CCCC2. The van der Waals surface area contributed by atoms with Crippen LogP contribution in [0.4, 0.5) is 5.69 Å². The van der Waals surface area contributed by atoms with Gasteiger partial charge in [0, 0.05) is 5.69 Å². The summed E-state index contributed by atoms with van der Waals surface area (Å²) in [5.41, 5.74) is 3.97. The van der Waals surface area contributed by atoms with E-state index in [1.807, 2.05) is 37.3 Å². The summed E-state index contributed by atoms with van der Waals surface area (Å²) >= 11 is 0. The van der Waals surface area contributed by atoms with Gasteiger partial charge in [0.05, 0.1) is 17.1 Å². The average Bonchev–Trinajstić information content (AvgIpc) is 2.47. The number of para-hydroxylation sites is 1. The van der Waals surface area contributed by atoms with Crippen LogP contribution in [0.3, 0.4) is 0 Å². The van der Waals surface area contributed by atoms with Gasteiger partial charge in [-0.15, -0.1) is 0 Å². The fourth-order valence-electron chi connectivity index (χ4n) is 2.51. The summed E-state index contributed by atoms with van der Waals surface area (Å²) in [4.78, 5) is 21.4. The first kappa shape index (κ1) is 12.8. The minimum absolute atomic E-state index is 0.186. The molecule has 4 nitrogen and oxygen atoms in total. The van der Waals surface area contributed by atoms with Gasteiger partial charge in [0.25, 0.3) is 5.91 Å². The summed E-state index contributed by atoms with van der Waals surface area (Å²) in [5.74, 6) is -0.186. The number of aromatic nitrogens is 2. The first-order valence-electron chi connectivity index (χ1n) is 6.97. The van der Waals surface area contributed by atoms with E-state index >= 15 is 0 Å². The number of anilines is 1. The Labute approximate surface area is 118 Å². The number of benzene rings is 1. The minimum atomic E-state index is -0.186. The van der Waals surface area contributed by atoms with Gasteiger partial charge in [-0.2, -0.15) is 0 Å². The van der Waals surface area contributed by atoms with Crippen LogP contribution >= 0.6 is 0 Å². The lowest BCUT2D eigenvalue weighted by Crippen LogP contribution is -2.20. The van der Waals surface area contributed by atoms with Crippen LogP contribution in [-0.4, -0.2) is 15.9 Å². The number of hydrogen-bond donors (Lipinski definition) is 1. The third-order valence-electron chi connectivity index (χ3n) is 3.55. The Balaban J connectivity index is 1.88. The van der Waals surface area contributed by atoms with E-state index in [0.29, 0.717) is 11.4 Å². The van der Waals surface area contributed by atoms with Crippen molar-refractivity contribution in [3.63, 3.8) is 0 Å². The third-order valence-corrected chi connectivity index (χ3v) is 3.55. The third kappa shape index (κ3) is 2.54. The summed E-state index contributed by atoms with van der Waals surface area (Å²) in [6.07, 6.45) is 4.19. The van der Waals surface area contributed by atoms with Gasteiger partial charge in [-0.1, -0.05) is 18.2 Å². The second-order valence-electron chi connectivity index (χ2n) is 5.08. The van der Waals surface area contributed by atoms with Crippen LogP contribution in [0, 0.1) is 6.92 Å². The fourth-order valence-corrected chi connectivity index (χ4v) is 2.51. The van der Waals surface area contributed by atoms with Gasteiger partial charge in [0.1, 0.15) is 5.69 Å². The van der Waals surface area contributed by atoms with E-state index in [4.69, 9.17) is 0 Å². The summed E-state index contributed by atoms with van der Waals surface area (Å²) < 4.78 is 0. The number of amides is 1. The highest BCUT2D eigenvalue weighted by Crippen LogP contribution is 2.19. The molecule has 1 heterocycles. The lowest BCUT2D eigenvalue weighted by Gasteiger charge is -2.16. The molecule has 3 rings (SSSR count). The van der Waals surface area contributed by atoms with Crippen LogP contribution in [0.1, 0.15) is 40.4 Å². The quantitative estimate of drug-likeness (QED) is 0.910. The predicted octanol–water partition coefficient (Wildman–Crippen LogP) is 2.92. The lowest BCUT2D eigenvalue weighted by atomic mass is 10.00. The smallest absolute Gasteiger partial charge is 0.276 e. The molecule has 1 aromatic carbocycles. The molecule has 0 aliphatic heterocycles. The molecule has 2 aromatic rings. The van der Waals surface area contributed by atoms with Crippen LogP contribution in [0.5, 0.6) is 0 Å². The Morgan fingerprint density at radius 1 is 1.05 bits per heavy atom. The van der Waals surface area contributed by atoms with Gasteiger partial charge in [0.2, 0.25) is 0 Å². The molecule has 0 radical (unpaired) electrons. The highest BCUT2D eigenvalue weighted by Gasteiger charge is 2.18. The van der Waals surface area contributed by atoms with Gasteiger partial charge < -0.3 is 5.32 Å². The van der Waals surface area contributed by atoms with E-state index in [1.54, 1.807) is 0 Å².